The first kappa shape index (κ1) is 13.8. The standard InChI is InChI=1S/C14H23NO2/c1-10(2)13(9-16-4)15-12-6-7-14(17-5)11(3)8-12/h6-8,10,13,15H,9H2,1-5H3. The molecule has 0 fully saturated rings. The lowest BCUT2D eigenvalue weighted by molar-refractivity contribution is 0.171. The van der Waals surface area contributed by atoms with Crippen LogP contribution >= 0.6 is 0 Å². The Morgan fingerprint density at radius 3 is 2.41 bits per heavy atom. The van der Waals surface area contributed by atoms with E-state index in [0.717, 1.165) is 17.0 Å². The van der Waals surface area contributed by atoms with Crippen molar-refractivity contribution < 1.29 is 9.47 Å². The molecule has 1 aromatic rings. The van der Waals surface area contributed by atoms with Crippen LogP contribution in [0.3, 0.4) is 0 Å². The number of aryl methyl sites for hydroxylation is 1. The van der Waals surface area contributed by atoms with Gasteiger partial charge in [-0.3, -0.25) is 0 Å². The average molecular weight is 237 g/mol. The van der Waals surface area contributed by atoms with Crippen LogP contribution in [0.15, 0.2) is 18.2 Å². The maximum atomic E-state index is 5.25. The monoisotopic (exact) mass is 237 g/mol. The topological polar surface area (TPSA) is 30.5 Å². The normalized spacial score (nSPS) is 12.6. The van der Waals surface area contributed by atoms with Gasteiger partial charge in [-0.2, -0.15) is 0 Å². The van der Waals surface area contributed by atoms with Gasteiger partial charge in [0.25, 0.3) is 0 Å². The van der Waals surface area contributed by atoms with Gasteiger partial charge in [0, 0.05) is 12.8 Å². The minimum atomic E-state index is 0.327. The number of rotatable bonds is 6. The molecule has 0 aliphatic heterocycles. The third kappa shape index (κ3) is 3.93. The molecular formula is C14H23NO2. The summed E-state index contributed by atoms with van der Waals surface area (Å²) in [4.78, 5) is 0. The van der Waals surface area contributed by atoms with E-state index in [1.807, 2.05) is 19.1 Å². The number of anilines is 1. The summed E-state index contributed by atoms with van der Waals surface area (Å²) < 4.78 is 10.5. The fourth-order valence-corrected chi connectivity index (χ4v) is 1.76. The Labute approximate surface area is 104 Å². The van der Waals surface area contributed by atoms with Crippen molar-refractivity contribution >= 4 is 5.69 Å². The Morgan fingerprint density at radius 2 is 1.94 bits per heavy atom. The molecule has 1 rings (SSSR count). The van der Waals surface area contributed by atoms with Gasteiger partial charge >= 0.3 is 0 Å². The largest absolute Gasteiger partial charge is 0.496 e. The van der Waals surface area contributed by atoms with Gasteiger partial charge in [-0.15, -0.1) is 0 Å². The lowest BCUT2D eigenvalue weighted by Crippen LogP contribution is -2.30. The van der Waals surface area contributed by atoms with Crippen molar-refractivity contribution in [3.05, 3.63) is 23.8 Å². The summed E-state index contributed by atoms with van der Waals surface area (Å²) in [6, 6.07) is 6.45. The average Bonchev–Trinajstić information content (AvgIpc) is 2.28. The highest BCUT2D eigenvalue weighted by atomic mass is 16.5. The number of nitrogens with one attached hydrogen (secondary N) is 1. The molecule has 17 heavy (non-hydrogen) atoms. The molecule has 0 aliphatic rings. The molecule has 1 unspecified atom stereocenters. The first-order valence-electron chi connectivity index (χ1n) is 5.98. The Bertz CT molecular complexity index is 350. The maximum Gasteiger partial charge on any atom is 0.121 e. The molecule has 0 amide bonds. The van der Waals surface area contributed by atoms with Crippen molar-refractivity contribution in [3.63, 3.8) is 0 Å². The highest BCUT2D eigenvalue weighted by Crippen LogP contribution is 2.22. The second-order valence-electron chi connectivity index (χ2n) is 4.63. The SMILES string of the molecule is COCC(Nc1ccc(OC)c(C)c1)C(C)C. The zero-order chi connectivity index (χ0) is 12.8. The van der Waals surface area contributed by atoms with Crippen molar-refractivity contribution in [1.82, 2.24) is 0 Å². The van der Waals surface area contributed by atoms with Crippen LogP contribution in [0.4, 0.5) is 5.69 Å². The van der Waals surface area contributed by atoms with Gasteiger partial charge in [0.2, 0.25) is 0 Å². The van der Waals surface area contributed by atoms with Crippen molar-refractivity contribution in [2.24, 2.45) is 5.92 Å². The van der Waals surface area contributed by atoms with Crippen LogP contribution in [0.5, 0.6) is 5.75 Å². The van der Waals surface area contributed by atoms with E-state index in [4.69, 9.17) is 9.47 Å². The summed E-state index contributed by atoms with van der Waals surface area (Å²) in [7, 11) is 3.42. The Hall–Kier alpha value is -1.22. The summed E-state index contributed by atoms with van der Waals surface area (Å²) in [5.41, 5.74) is 2.25. The van der Waals surface area contributed by atoms with Gasteiger partial charge in [-0.1, -0.05) is 13.8 Å². The predicted molar refractivity (Wildman–Crippen MR) is 71.9 cm³/mol. The minimum absolute atomic E-state index is 0.327. The zero-order valence-electron chi connectivity index (χ0n) is 11.4. The molecule has 0 bridgehead atoms. The third-order valence-corrected chi connectivity index (χ3v) is 2.90. The number of ether oxygens (including phenoxy) is 2. The van der Waals surface area contributed by atoms with Crippen LogP contribution < -0.4 is 10.1 Å². The molecule has 0 spiro atoms. The molecule has 0 radical (unpaired) electrons. The minimum Gasteiger partial charge on any atom is -0.496 e. The van der Waals surface area contributed by atoms with E-state index >= 15 is 0 Å². The number of benzene rings is 1. The van der Waals surface area contributed by atoms with Crippen LogP contribution in [0, 0.1) is 12.8 Å². The lowest BCUT2D eigenvalue weighted by atomic mass is 10.0. The zero-order valence-corrected chi connectivity index (χ0v) is 11.4. The first-order chi connectivity index (χ1) is 8.08. The molecule has 3 nitrogen and oxygen atoms in total. The van der Waals surface area contributed by atoms with Crippen LogP contribution in [-0.2, 0) is 4.74 Å². The summed E-state index contributed by atoms with van der Waals surface area (Å²) in [6.07, 6.45) is 0. The number of hydrogen-bond acceptors (Lipinski definition) is 3. The van der Waals surface area contributed by atoms with E-state index in [0.29, 0.717) is 18.6 Å². The van der Waals surface area contributed by atoms with E-state index in [9.17, 15) is 0 Å². The number of methoxy groups -OCH3 is 2. The summed E-state index contributed by atoms with van der Waals surface area (Å²) in [5, 5.41) is 3.49. The maximum absolute atomic E-state index is 5.25. The molecule has 1 atom stereocenters. The quantitative estimate of drug-likeness (QED) is 0.824. The third-order valence-electron chi connectivity index (χ3n) is 2.90. The highest BCUT2D eigenvalue weighted by molar-refractivity contribution is 5.51. The molecule has 0 aromatic heterocycles. The number of hydrogen-bond donors (Lipinski definition) is 1. The molecule has 0 aliphatic carbocycles. The van der Waals surface area contributed by atoms with Gasteiger partial charge in [0.15, 0.2) is 0 Å². The molecule has 0 saturated heterocycles. The van der Waals surface area contributed by atoms with Crippen LogP contribution in [0.1, 0.15) is 19.4 Å². The van der Waals surface area contributed by atoms with Gasteiger partial charge in [0.05, 0.1) is 19.8 Å². The van der Waals surface area contributed by atoms with E-state index in [1.54, 1.807) is 14.2 Å². The fraction of sp³-hybridized carbons (Fsp3) is 0.571. The van der Waals surface area contributed by atoms with Gasteiger partial charge < -0.3 is 14.8 Å². The van der Waals surface area contributed by atoms with Gasteiger partial charge in [-0.25, -0.2) is 0 Å². The van der Waals surface area contributed by atoms with E-state index in [2.05, 4.69) is 25.2 Å². The van der Waals surface area contributed by atoms with Crippen molar-refractivity contribution in [1.29, 1.82) is 0 Å². The molecular weight excluding hydrogens is 214 g/mol. The van der Waals surface area contributed by atoms with Crippen molar-refractivity contribution in [3.8, 4) is 5.75 Å². The van der Waals surface area contributed by atoms with E-state index in [-0.39, 0.29) is 0 Å². The molecule has 0 heterocycles. The van der Waals surface area contributed by atoms with Crippen molar-refractivity contribution in [2.45, 2.75) is 26.8 Å². The second kappa shape index (κ2) is 6.50. The van der Waals surface area contributed by atoms with Crippen LogP contribution in [-0.4, -0.2) is 26.9 Å². The lowest BCUT2D eigenvalue weighted by Gasteiger charge is -2.23. The van der Waals surface area contributed by atoms with E-state index in [1.165, 1.54) is 0 Å². The smallest absolute Gasteiger partial charge is 0.121 e. The Morgan fingerprint density at radius 1 is 1.24 bits per heavy atom. The summed E-state index contributed by atoms with van der Waals surface area (Å²) >= 11 is 0. The van der Waals surface area contributed by atoms with Crippen LogP contribution in [0.25, 0.3) is 0 Å². The van der Waals surface area contributed by atoms with E-state index < -0.39 is 0 Å². The Balaban J connectivity index is 2.76. The van der Waals surface area contributed by atoms with Crippen LogP contribution in [0.2, 0.25) is 0 Å². The molecule has 3 heteroatoms. The van der Waals surface area contributed by atoms with Gasteiger partial charge in [-0.05, 0) is 36.6 Å². The molecule has 0 saturated carbocycles. The molecule has 1 aromatic carbocycles. The fourth-order valence-electron chi connectivity index (χ4n) is 1.76. The summed E-state index contributed by atoms with van der Waals surface area (Å²) in [5.74, 6) is 1.45. The molecule has 96 valence electrons. The first-order valence-corrected chi connectivity index (χ1v) is 5.98. The second-order valence-corrected chi connectivity index (χ2v) is 4.63. The molecule has 1 N–H and O–H groups in total. The van der Waals surface area contributed by atoms with Crippen molar-refractivity contribution in [2.75, 3.05) is 26.1 Å². The Kier molecular flexibility index (Phi) is 5.29. The summed E-state index contributed by atoms with van der Waals surface area (Å²) in [6.45, 7) is 7.13. The predicted octanol–water partition coefficient (Wildman–Crippen LogP) is 3.09. The van der Waals surface area contributed by atoms with Gasteiger partial charge in [0.1, 0.15) is 5.75 Å². The highest BCUT2D eigenvalue weighted by Gasteiger charge is 2.13.